The number of carbonyl (C=O) groups excluding carboxylic acids is 1. The molecule has 4 nitrogen and oxygen atoms in total. The predicted molar refractivity (Wildman–Crippen MR) is 69.4 cm³/mol. The molecule has 0 aromatic carbocycles. The third-order valence-corrected chi connectivity index (χ3v) is 3.86. The van der Waals surface area contributed by atoms with Gasteiger partial charge in [-0.25, -0.2) is 4.79 Å². The average molecular weight is 243 g/mol. The van der Waals surface area contributed by atoms with Crippen LogP contribution in [-0.4, -0.2) is 22.6 Å². The first kappa shape index (κ1) is 13.2. The van der Waals surface area contributed by atoms with Crippen LogP contribution in [0.5, 0.6) is 0 Å². The Morgan fingerprint density at radius 3 is 2.31 bits per heavy atom. The number of carbonyl (C=O) groups is 1. The van der Waals surface area contributed by atoms with Crippen molar-refractivity contribution >= 4 is 23.2 Å². The first-order valence-electron chi connectivity index (χ1n) is 5.92. The van der Waals surface area contributed by atoms with Gasteiger partial charge in [0.15, 0.2) is 0 Å². The van der Waals surface area contributed by atoms with E-state index in [0.29, 0.717) is 11.0 Å². The Bertz CT molecular complexity index is 272. The zero-order valence-corrected chi connectivity index (χ0v) is 10.8. The Kier molecular flexibility index (Phi) is 4.53. The van der Waals surface area contributed by atoms with E-state index in [-0.39, 0.29) is 6.03 Å². The molecule has 16 heavy (non-hydrogen) atoms. The maximum absolute atomic E-state index is 11.7. The SMILES string of the molecule is CCC(CC)(NC(=O)NC1CCC1)C(N)=S. The van der Waals surface area contributed by atoms with Crippen molar-refractivity contribution in [2.45, 2.75) is 57.5 Å². The topological polar surface area (TPSA) is 67.2 Å². The highest BCUT2D eigenvalue weighted by molar-refractivity contribution is 7.80. The van der Waals surface area contributed by atoms with Gasteiger partial charge in [0.05, 0.1) is 10.5 Å². The molecule has 1 saturated carbocycles. The number of hydrogen-bond donors (Lipinski definition) is 3. The summed E-state index contributed by atoms with van der Waals surface area (Å²) in [6.07, 6.45) is 4.79. The van der Waals surface area contributed by atoms with Crippen molar-refractivity contribution in [3.63, 3.8) is 0 Å². The molecule has 4 N–H and O–H groups in total. The van der Waals surface area contributed by atoms with Crippen LogP contribution in [0.4, 0.5) is 4.79 Å². The van der Waals surface area contributed by atoms with Crippen LogP contribution < -0.4 is 16.4 Å². The summed E-state index contributed by atoms with van der Waals surface area (Å²) in [5.74, 6) is 0. The van der Waals surface area contributed by atoms with Crippen molar-refractivity contribution in [3.8, 4) is 0 Å². The standard InChI is InChI=1S/C11H21N3OS/c1-3-11(4-2,9(12)16)14-10(15)13-8-6-5-7-8/h8H,3-7H2,1-2H3,(H2,12,16)(H2,13,14,15). The van der Waals surface area contributed by atoms with Crippen LogP contribution in [0.15, 0.2) is 0 Å². The second-order valence-corrected chi connectivity index (χ2v) is 4.82. The summed E-state index contributed by atoms with van der Waals surface area (Å²) in [7, 11) is 0. The molecule has 0 aromatic rings. The lowest BCUT2D eigenvalue weighted by Gasteiger charge is -2.34. The fraction of sp³-hybridized carbons (Fsp3) is 0.818. The van der Waals surface area contributed by atoms with Gasteiger partial charge in [-0.2, -0.15) is 0 Å². The number of urea groups is 1. The van der Waals surface area contributed by atoms with Crippen molar-refractivity contribution in [2.75, 3.05) is 0 Å². The van der Waals surface area contributed by atoms with Gasteiger partial charge in [-0.15, -0.1) is 0 Å². The molecule has 1 aliphatic carbocycles. The van der Waals surface area contributed by atoms with Crippen LogP contribution in [0, 0.1) is 0 Å². The molecular weight excluding hydrogens is 222 g/mol. The fourth-order valence-electron chi connectivity index (χ4n) is 1.83. The minimum atomic E-state index is -0.539. The largest absolute Gasteiger partial charge is 0.391 e. The first-order valence-corrected chi connectivity index (χ1v) is 6.33. The lowest BCUT2D eigenvalue weighted by Crippen LogP contribution is -2.59. The van der Waals surface area contributed by atoms with E-state index in [4.69, 9.17) is 18.0 Å². The molecule has 5 heteroatoms. The van der Waals surface area contributed by atoms with Crippen LogP contribution in [0.25, 0.3) is 0 Å². The normalized spacial score (nSPS) is 16.4. The predicted octanol–water partition coefficient (Wildman–Crippen LogP) is 1.68. The minimum absolute atomic E-state index is 0.152. The molecular formula is C11H21N3OS. The van der Waals surface area contributed by atoms with Crippen molar-refractivity contribution in [3.05, 3.63) is 0 Å². The first-order chi connectivity index (χ1) is 7.54. The molecule has 1 rings (SSSR count). The molecule has 0 saturated heterocycles. The molecule has 0 unspecified atom stereocenters. The van der Waals surface area contributed by atoms with Crippen LogP contribution in [0.1, 0.15) is 46.0 Å². The van der Waals surface area contributed by atoms with Crippen LogP contribution in [0.2, 0.25) is 0 Å². The van der Waals surface area contributed by atoms with E-state index >= 15 is 0 Å². The van der Waals surface area contributed by atoms with Gasteiger partial charge in [-0.3, -0.25) is 0 Å². The summed E-state index contributed by atoms with van der Waals surface area (Å²) in [5.41, 5.74) is 5.17. The molecule has 1 aliphatic rings. The van der Waals surface area contributed by atoms with E-state index < -0.39 is 5.54 Å². The Hall–Kier alpha value is -0.840. The van der Waals surface area contributed by atoms with Gasteiger partial charge in [0.25, 0.3) is 0 Å². The quantitative estimate of drug-likeness (QED) is 0.644. The molecule has 0 radical (unpaired) electrons. The smallest absolute Gasteiger partial charge is 0.315 e. The third-order valence-electron chi connectivity index (χ3n) is 3.47. The Balaban J connectivity index is 2.52. The summed E-state index contributed by atoms with van der Waals surface area (Å²) in [4.78, 5) is 12.1. The summed E-state index contributed by atoms with van der Waals surface area (Å²) in [6.45, 7) is 3.96. The number of thiocarbonyl (C=S) groups is 1. The summed E-state index contributed by atoms with van der Waals surface area (Å²) >= 11 is 5.04. The second kappa shape index (κ2) is 5.48. The van der Waals surface area contributed by atoms with Gasteiger partial charge in [0.2, 0.25) is 0 Å². The van der Waals surface area contributed by atoms with Gasteiger partial charge < -0.3 is 16.4 Å². The van der Waals surface area contributed by atoms with E-state index in [9.17, 15) is 4.79 Å². The monoisotopic (exact) mass is 243 g/mol. The highest BCUT2D eigenvalue weighted by atomic mass is 32.1. The van der Waals surface area contributed by atoms with Crippen molar-refractivity contribution in [1.82, 2.24) is 10.6 Å². The molecule has 1 fully saturated rings. The molecule has 0 heterocycles. The van der Waals surface area contributed by atoms with Gasteiger partial charge in [-0.05, 0) is 32.1 Å². The van der Waals surface area contributed by atoms with E-state index in [2.05, 4.69) is 10.6 Å². The maximum Gasteiger partial charge on any atom is 0.315 e. The number of nitrogens with two attached hydrogens (primary N) is 1. The molecule has 92 valence electrons. The Morgan fingerprint density at radius 1 is 1.44 bits per heavy atom. The average Bonchev–Trinajstić information content (AvgIpc) is 2.20. The molecule has 2 amide bonds. The number of amides is 2. The lowest BCUT2D eigenvalue weighted by atomic mass is 9.92. The van der Waals surface area contributed by atoms with Crippen molar-refractivity contribution < 1.29 is 4.79 Å². The molecule has 0 bridgehead atoms. The Morgan fingerprint density at radius 2 is 2.00 bits per heavy atom. The molecule has 0 atom stereocenters. The van der Waals surface area contributed by atoms with Crippen molar-refractivity contribution in [1.29, 1.82) is 0 Å². The van der Waals surface area contributed by atoms with Gasteiger partial charge in [-0.1, -0.05) is 26.1 Å². The van der Waals surface area contributed by atoms with Crippen LogP contribution >= 0.6 is 12.2 Å². The van der Waals surface area contributed by atoms with E-state index in [1.165, 1.54) is 6.42 Å². The zero-order chi connectivity index (χ0) is 12.2. The van der Waals surface area contributed by atoms with Crippen molar-refractivity contribution in [2.24, 2.45) is 5.73 Å². The molecule has 0 aliphatic heterocycles. The Labute approximate surface area is 102 Å². The van der Waals surface area contributed by atoms with E-state index in [1.54, 1.807) is 0 Å². The third kappa shape index (κ3) is 2.84. The van der Waals surface area contributed by atoms with Gasteiger partial charge >= 0.3 is 6.03 Å². The summed E-state index contributed by atoms with van der Waals surface area (Å²) in [6, 6.07) is 0.180. The van der Waals surface area contributed by atoms with Crippen LogP contribution in [0.3, 0.4) is 0 Å². The number of nitrogens with one attached hydrogen (secondary N) is 2. The van der Waals surface area contributed by atoms with Gasteiger partial charge in [0, 0.05) is 6.04 Å². The summed E-state index contributed by atoms with van der Waals surface area (Å²) in [5, 5.41) is 5.84. The van der Waals surface area contributed by atoms with E-state index in [0.717, 1.165) is 25.7 Å². The fourth-order valence-corrected chi connectivity index (χ4v) is 2.17. The number of hydrogen-bond acceptors (Lipinski definition) is 2. The minimum Gasteiger partial charge on any atom is -0.391 e. The lowest BCUT2D eigenvalue weighted by molar-refractivity contribution is 0.219. The molecule has 0 aromatic heterocycles. The second-order valence-electron chi connectivity index (χ2n) is 4.38. The highest BCUT2D eigenvalue weighted by Crippen LogP contribution is 2.19. The van der Waals surface area contributed by atoms with E-state index in [1.807, 2.05) is 13.8 Å². The highest BCUT2D eigenvalue weighted by Gasteiger charge is 2.32. The number of rotatable bonds is 5. The molecule has 0 spiro atoms. The summed E-state index contributed by atoms with van der Waals surface area (Å²) < 4.78 is 0. The zero-order valence-electron chi connectivity index (χ0n) is 10.0. The van der Waals surface area contributed by atoms with Gasteiger partial charge in [0.1, 0.15) is 0 Å². The maximum atomic E-state index is 11.7. The van der Waals surface area contributed by atoms with Crippen LogP contribution in [-0.2, 0) is 0 Å².